The smallest absolute Gasteiger partial charge is 0.255 e. The lowest BCUT2D eigenvalue weighted by Crippen LogP contribution is -2.55. The minimum atomic E-state index is -0.388. The molecule has 18 heavy (non-hydrogen) atoms. The Bertz CT molecular complexity index is 434. The molecule has 1 atom stereocenters. The molecule has 1 amide bonds. The number of fused-ring (bicyclic) bond motifs is 1. The van der Waals surface area contributed by atoms with E-state index in [1.165, 1.54) is 0 Å². The van der Waals surface area contributed by atoms with Gasteiger partial charge >= 0.3 is 0 Å². The van der Waals surface area contributed by atoms with Crippen LogP contribution in [-0.4, -0.2) is 23.3 Å². The second-order valence-corrected chi connectivity index (χ2v) is 4.99. The number of para-hydroxylation sites is 1. The van der Waals surface area contributed by atoms with Crippen molar-refractivity contribution in [3.8, 4) is 0 Å². The molecule has 1 heterocycles. The van der Waals surface area contributed by atoms with E-state index in [9.17, 15) is 4.79 Å². The quantitative estimate of drug-likeness (QED) is 0.699. The SMILES string of the molecule is CC1(CCCCCO)NC(=O)c2ccccc2N1. The van der Waals surface area contributed by atoms with Crippen LogP contribution in [0, 0.1) is 0 Å². The maximum Gasteiger partial charge on any atom is 0.255 e. The van der Waals surface area contributed by atoms with Gasteiger partial charge in [-0.25, -0.2) is 0 Å². The molecule has 3 N–H and O–H groups in total. The molecule has 4 heteroatoms. The molecular weight excluding hydrogens is 228 g/mol. The number of unbranched alkanes of at least 4 members (excludes halogenated alkanes) is 2. The highest BCUT2D eigenvalue weighted by Crippen LogP contribution is 2.27. The molecule has 4 nitrogen and oxygen atoms in total. The van der Waals surface area contributed by atoms with Crippen molar-refractivity contribution >= 4 is 11.6 Å². The number of amides is 1. The van der Waals surface area contributed by atoms with Crippen LogP contribution in [0.15, 0.2) is 24.3 Å². The first-order valence-corrected chi connectivity index (χ1v) is 6.45. The third kappa shape index (κ3) is 2.82. The summed E-state index contributed by atoms with van der Waals surface area (Å²) in [5.74, 6) is -0.0194. The lowest BCUT2D eigenvalue weighted by molar-refractivity contribution is 0.0902. The molecule has 0 spiro atoms. The fraction of sp³-hybridized carbons (Fsp3) is 0.500. The molecule has 2 rings (SSSR count). The lowest BCUT2D eigenvalue weighted by Gasteiger charge is -2.37. The van der Waals surface area contributed by atoms with Gasteiger partial charge in [-0.2, -0.15) is 0 Å². The second-order valence-electron chi connectivity index (χ2n) is 4.99. The van der Waals surface area contributed by atoms with Gasteiger partial charge in [-0.1, -0.05) is 18.6 Å². The van der Waals surface area contributed by atoms with Crippen molar-refractivity contribution in [3.05, 3.63) is 29.8 Å². The Morgan fingerprint density at radius 2 is 1.94 bits per heavy atom. The van der Waals surface area contributed by atoms with E-state index in [-0.39, 0.29) is 18.2 Å². The largest absolute Gasteiger partial charge is 0.396 e. The Morgan fingerprint density at radius 1 is 1.17 bits per heavy atom. The summed E-state index contributed by atoms with van der Waals surface area (Å²) in [4.78, 5) is 12.0. The third-order valence-electron chi connectivity index (χ3n) is 3.31. The Labute approximate surface area is 107 Å². The zero-order valence-electron chi connectivity index (χ0n) is 10.7. The van der Waals surface area contributed by atoms with Gasteiger partial charge in [0, 0.05) is 12.3 Å². The van der Waals surface area contributed by atoms with Crippen molar-refractivity contribution in [2.75, 3.05) is 11.9 Å². The van der Waals surface area contributed by atoms with Crippen LogP contribution in [0.1, 0.15) is 43.0 Å². The molecule has 0 bridgehead atoms. The number of carbonyl (C=O) groups is 1. The summed E-state index contributed by atoms with van der Waals surface area (Å²) in [6.45, 7) is 2.24. The molecule has 0 saturated heterocycles. The number of hydrogen-bond donors (Lipinski definition) is 3. The van der Waals surface area contributed by atoms with Crippen LogP contribution in [-0.2, 0) is 0 Å². The molecule has 0 fully saturated rings. The summed E-state index contributed by atoms with van der Waals surface area (Å²) < 4.78 is 0. The van der Waals surface area contributed by atoms with Crippen molar-refractivity contribution < 1.29 is 9.90 Å². The topological polar surface area (TPSA) is 61.4 Å². The van der Waals surface area contributed by atoms with Crippen LogP contribution >= 0.6 is 0 Å². The Morgan fingerprint density at radius 3 is 2.72 bits per heavy atom. The summed E-state index contributed by atoms with van der Waals surface area (Å²) in [6, 6.07) is 7.55. The van der Waals surface area contributed by atoms with E-state index in [1.807, 2.05) is 31.2 Å². The van der Waals surface area contributed by atoms with E-state index < -0.39 is 0 Å². The minimum absolute atomic E-state index is 0.0194. The van der Waals surface area contributed by atoms with Crippen LogP contribution < -0.4 is 10.6 Å². The Kier molecular flexibility index (Phi) is 3.87. The van der Waals surface area contributed by atoms with E-state index in [4.69, 9.17) is 5.11 Å². The fourth-order valence-corrected chi connectivity index (χ4v) is 2.33. The maximum atomic E-state index is 12.0. The highest BCUT2D eigenvalue weighted by molar-refractivity contribution is 6.02. The highest BCUT2D eigenvalue weighted by atomic mass is 16.2. The van der Waals surface area contributed by atoms with Gasteiger partial charge in [0.05, 0.1) is 5.56 Å². The normalized spacial score (nSPS) is 22.0. The second kappa shape index (κ2) is 5.40. The molecule has 0 aliphatic carbocycles. The summed E-state index contributed by atoms with van der Waals surface area (Å²) in [6.07, 6.45) is 3.63. The molecule has 1 unspecified atom stereocenters. The number of rotatable bonds is 5. The predicted octanol–water partition coefficient (Wildman–Crippen LogP) is 2.11. The van der Waals surface area contributed by atoms with E-state index in [1.54, 1.807) is 0 Å². The van der Waals surface area contributed by atoms with Crippen LogP contribution in [0.25, 0.3) is 0 Å². The zero-order chi connectivity index (χ0) is 13.0. The van der Waals surface area contributed by atoms with E-state index >= 15 is 0 Å². The molecule has 0 radical (unpaired) electrons. The maximum absolute atomic E-state index is 12.0. The molecular formula is C14H20N2O2. The molecule has 98 valence electrons. The van der Waals surface area contributed by atoms with Gasteiger partial charge in [0.25, 0.3) is 5.91 Å². The summed E-state index contributed by atoms with van der Waals surface area (Å²) in [5.41, 5.74) is 1.21. The number of nitrogens with one attached hydrogen (secondary N) is 2. The molecule has 1 aromatic rings. The van der Waals surface area contributed by atoms with E-state index in [0.29, 0.717) is 5.56 Å². The van der Waals surface area contributed by atoms with Gasteiger partial charge in [0.15, 0.2) is 0 Å². The van der Waals surface area contributed by atoms with Crippen LogP contribution in [0.5, 0.6) is 0 Å². The van der Waals surface area contributed by atoms with Crippen LogP contribution in [0.3, 0.4) is 0 Å². The molecule has 0 saturated carbocycles. The first kappa shape index (κ1) is 12.9. The standard InChI is InChI=1S/C14H20N2O2/c1-14(9-5-2-6-10-17)15-12-8-4-3-7-11(12)13(18)16-14/h3-4,7-8,15,17H,2,5-6,9-10H2,1H3,(H,16,18). The van der Waals surface area contributed by atoms with E-state index in [2.05, 4.69) is 10.6 Å². The number of aliphatic hydroxyl groups is 1. The first-order chi connectivity index (χ1) is 8.64. The summed E-state index contributed by atoms with van der Waals surface area (Å²) in [7, 11) is 0. The monoisotopic (exact) mass is 248 g/mol. The highest BCUT2D eigenvalue weighted by Gasteiger charge is 2.32. The van der Waals surface area contributed by atoms with Crippen molar-refractivity contribution in [3.63, 3.8) is 0 Å². The predicted molar refractivity (Wildman–Crippen MR) is 71.5 cm³/mol. The average molecular weight is 248 g/mol. The third-order valence-corrected chi connectivity index (χ3v) is 3.31. The van der Waals surface area contributed by atoms with Crippen LogP contribution in [0.2, 0.25) is 0 Å². The Balaban J connectivity index is 2.02. The number of aliphatic hydroxyl groups excluding tert-OH is 1. The van der Waals surface area contributed by atoms with Crippen molar-refractivity contribution in [2.24, 2.45) is 0 Å². The van der Waals surface area contributed by atoms with Gasteiger partial charge in [0.2, 0.25) is 0 Å². The average Bonchev–Trinajstić information content (AvgIpc) is 2.35. The number of anilines is 1. The molecule has 0 aromatic heterocycles. The van der Waals surface area contributed by atoms with Gasteiger partial charge in [-0.15, -0.1) is 0 Å². The van der Waals surface area contributed by atoms with Crippen molar-refractivity contribution in [1.29, 1.82) is 0 Å². The van der Waals surface area contributed by atoms with Crippen molar-refractivity contribution in [1.82, 2.24) is 5.32 Å². The van der Waals surface area contributed by atoms with Crippen molar-refractivity contribution in [2.45, 2.75) is 38.3 Å². The van der Waals surface area contributed by atoms with Gasteiger partial charge in [-0.3, -0.25) is 4.79 Å². The van der Waals surface area contributed by atoms with Crippen LogP contribution in [0.4, 0.5) is 5.69 Å². The van der Waals surface area contributed by atoms with Gasteiger partial charge in [-0.05, 0) is 38.3 Å². The number of benzene rings is 1. The molecule has 1 aliphatic rings. The minimum Gasteiger partial charge on any atom is -0.396 e. The summed E-state index contributed by atoms with van der Waals surface area (Å²) in [5, 5.41) is 15.2. The number of carbonyl (C=O) groups excluding carboxylic acids is 1. The fourth-order valence-electron chi connectivity index (χ4n) is 2.33. The lowest BCUT2D eigenvalue weighted by atomic mass is 9.98. The Hall–Kier alpha value is -1.55. The molecule has 1 aromatic carbocycles. The first-order valence-electron chi connectivity index (χ1n) is 6.45. The molecule has 1 aliphatic heterocycles. The van der Waals surface area contributed by atoms with E-state index in [0.717, 1.165) is 31.4 Å². The number of hydrogen-bond acceptors (Lipinski definition) is 3. The van der Waals surface area contributed by atoms with Gasteiger partial charge in [0.1, 0.15) is 5.66 Å². The van der Waals surface area contributed by atoms with Gasteiger partial charge < -0.3 is 15.7 Å². The summed E-state index contributed by atoms with van der Waals surface area (Å²) >= 11 is 0. The zero-order valence-corrected chi connectivity index (χ0v) is 10.7.